The van der Waals surface area contributed by atoms with Gasteiger partial charge in [0.2, 0.25) is 0 Å². The van der Waals surface area contributed by atoms with Crippen molar-refractivity contribution in [3.8, 4) is 0 Å². The molecule has 2 saturated carbocycles. The van der Waals surface area contributed by atoms with Crippen LogP contribution >= 0.6 is 0 Å². The SMILES string of the molecule is COC1CCC(C(=O)O)CC1.COC1CCC(C(=O)O)CC1. The van der Waals surface area contributed by atoms with Crippen molar-refractivity contribution in [2.45, 2.75) is 63.6 Å². The lowest BCUT2D eigenvalue weighted by Crippen LogP contribution is -2.25. The Bertz CT molecular complexity index is 307. The van der Waals surface area contributed by atoms with Crippen LogP contribution in [0.5, 0.6) is 0 Å². The standard InChI is InChI=1S/2C8H14O3/c2*1-11-7-4-2-6(3-5-7)8(9)10/h2*6-7H,2-5H2,1H3,(H,9,10). The van der Waals surface area contributed by atoms with Gasteiger partial charge in [0.1, 0.15) is 0 Å². The average molecular weight is 316 g/mol. The molecule has 0 aromatic heterocycles. The lowest BCUT2D eigenvalue weighted by atomic mass is 9.87. The quantitative estimate of drug-likeness (QED) is 0.828. The van der Waals surface area contributed by atoms with Crippen molar-refractivity contribution >= 4 is 11.9 Å². The number of hydrogen-bond donors (Lipinski definition) is 2. The first kappa shape index (κ1) is 18.9. The normalized spacial score (nSPS) is 31.7. The van der Waals surface area contributed by atoms with Gasteiger partial charge in [-0.3, -0.25) is 9.59 Å². The first-order chi connectivity index (χ1) is 10.5. The summed E-state index contributed by atoms with van der Waals surface area (Å²) in [6.07, 6.45) is 7.27. The fourth-order valence-corrected chi connectivity index (χ4v) is 3.09. The summed E-state index contributed by atoms with van der Waals surface area (Å²) in [6, 6.07) is 0. The number of rotatable bonds is 4. The lowest BCUT2D eigenvalue weighted by molar-refractivity contribution is -0.144. The Labute approximate surface area is 131 Å². The van der Waals surface area contributed by atoms with Crippen molar-refractivity contribution in [2.24, 2.45) is 11.8 Å². The van der Waals surface area contributed by atoms with Crippen LogP contribution in [-0.2, 0) is 19.1 Å². The van der Waals surface area contributed by atoms with Crippen LogP contribution < -0.4 is 0 Å². The highest BCUT2D eigenvalue weighted by atomic mass is 16.5. The molecule has 2 fully saturated rings. The van der Waals surface area contributed by atoms with Gasteiger partial charge in [-0.15, -0.1) is 0 Å². The average Bonchev–Trinajstić information content (AvgIpc) is 2.55. The summed E-state index contributed by atoms with van der Waals surface area (Å²) in [5, 5.41) is 17.3. The summed E-state index contributed by atoms with van der Waals surface area (Å²) in [5.74, 6) is -1.55. The third-order valence-electron chi connectivity index (χ3n) is 4.71. The number of hydrogen-bond acceptors (Lipinski definition) is 4. The number of methoxy groups -OCH3 is 2. The topological polar surface area (TPSA) is 93.1 Å². The van der Waals surface area contributed by atoms with Gasteiger partial charge >= 0.3 is 11.9 Å². The van der Waals surface area contributed by atoms with Crippen LogP contribution in [0.3, 0.4) is 0 Å². The van der Waals surface area contributed by atoms with Gasteiger partial charge in [0.25, 0.3) is 0 Å². The molecular formula is C16H28O6. The van der Waals surface area contributed by atoms with Crippen molar-refractivity contribution in [1.29, 1.82) is 0 Å². The molecule has 128 valence electrons. The van der Waals surface area contributed by atoms with Gasteiger partial charge in [-0.25, -0.2) is 0 Å². The second-order valence-electron chi connectivity index (χ2n) is 6.10. The number of aliphatic carboxylic acids is 2. The van der Waals surface area contributed by atoms with Crippen LogP contribution in [0, 0.1) is 11.8 Å². The van der Waals surface area contributed by atoms with E-state index in [4.69, 9.17) is 19.7 Å². The number of carboxylic acid groups (broad SMARTS) is 2. The molecule has 0 bridgehead atoms. The van der Waals surface area contributed by atoms with E-state index in [-0.39, 0.29) is 11.8 Å². The van der Waals surface area contributed by atoms with E-state index in [0.29, 0.717) is 12.2 Å². The zero-order chi connectivity index (χ0) is 16.5. The van der Waals surface area contributed by atoms with E-state index in [1.165, 1.54) is 0 Å². The number of carbonyl (C=O) groups is 2. The van der Waals surface area contributed by atoms with E-state index in [9.17, 15) is 9.59 Å². The van der Waals surface area contributed by atoms with Crippen LogP contribution in [0.1, 0.15) is 51.4 Å². The summed E-state index contributed by atoms with van der Waals surface area (Å²) in [6.45, 7) is 0. The molecule has 0 spiro atoms. The lowest BCUT2D eigenvalue weighted by Gasteiger charge is -2.24. The fourth-order valence-electron chi connectivity index (χ4n) is 3.09. The molecule has 0 radical (unpaired) electrons. The molecule has 0 heterocycles. The van der Waals surface area contributed by atoms with E-state index in [2.05, 4.69) is 0 Å². The van der Waals surface area contributed by atoms with Gasteiger partial charge in [-0.2, -0.15) is 0 Å². The van der Waals surface area contributed by atoms with Gasteiger partial charge < -0.3 is 19.7 Å². The molecule has 0 atom stereocenters. The molecule has 6 heteroatoms. The highest BCUT2D eigenvalue weighted by Crippen LogP contribution is 2.26. The van der Waals surface area contributed by atoms with Crippen molar-refractivity contribution in [3.63, 3.8) is 0 Å². The maximum atomic E-state index is 10.5. The van der Waals surface area contributed by atoms with E-state index in [1.54, 1.807) is 14.2 Å². The summed E-state index contributed by atoms with van der Waals surface area (Å²) in [5.41, 5.74) is 0. The van der Waals surface area contributed by atoms with E-state index < -0.39 is 11.9 Å². The van der Waals surface area contributed by atoms with Gasteiger partial charge in [0.05, 0.1) is 24.0 Å². The molecule has 2 aliphatic rings. The van der Waals surface area contributed by atoms with Crippen molar-refractivity contribution in [3.05, 3.63) is 0 Å². The molecule has 2 aliphatic carbocycles. The molecule has 0 amide bonds. The molecule has 0 unspecified atom stereocenters. The van der Waals surface area contributed by atoms with Gasteiger partial charge in [0, 0.05) is 14.2 Å². The molecule has 0 aromatic carbocycles. The largest absolute Gasteiger partial charge is 0.481 e. The molecule has 0 aliphatic heterocycles. The Morgan fingerprint density at radius 2 is 0.955 bits per heavy atom. The fraction of sp³-hybridized carbons (Fsp3) is 0.875. The van der Waals surface area contributed by atoms with Crippen LogP contribution in [0.2, 0.25) is 0 Å². The smallest absolute Gasteiger partial charge is 0.306 e. The maximum Gasteiger partial charge on any atom is 0.306 e. The third kappa shape index (κ3) is 6.32. The Hall–Kier alpha value is -1.14. The predicted molar refractivity (Wildman–Crippen MR) is 80.8 cm³/mol. The number of ether oxygens (including phenoxy) is 2. The first-order valence-corrected chi connectivity index (χ1v) is 7.99. The zero-order valence-corrected chi connectivity index (χ0v) is 13.5. The minimum Gasteiger partial charge on any atom is -0.481 e. The number of carboxylic acids is 2. The molecular weight excluding hydrogens is 288 g/mol. The van der Waals surface area contributed by atoms with E-state index in [1.807, 2.05) is 0 Å². The van der Waals surface area contributed by atoms with Gasteiger partial charge in [-0.05, 0) is 51.4 Å². The van der Waals surface area contributed by atoms with Crippen LogP contribution in [0.15, 0.2) is 0 Å². The van der Waals surface area contributed by atoms with Crippen LogP contribution in [-0.4, -0.2) is 48.6 Å². The highest BCUT2D eigenvalue weighted by molar-refractivity contribution is 5.70. The maximum absolute atomic E-state index is 10.5. The van der Waals surface area contributed by atoms with E-state index in [0.717, 1.165) is 51.4 Å². The molecule has 0 aromatic rings. The molecule has 22 heavy (non-hydrogen) atoms. The minimum absolute atomic E-state index is 0.124. The van der Waals surface area contributed by atoms with Crippen molar-refractivity contribution in [1.82, 2.24) is 0 Å². The van der Waals surface area contributed by atoms with Crippen LogP contribution in [0.25, 0.3) is 0 Å². The van der Waals surface area contributed by atoms with E-state index >= 15 is 0 Å². The molecule has 6 nitrogen and oxygen atoms in total. The summed E-state index contributed by atoms with van der Waals surface area (Å²) in [4.78, 5) is 21.0. The second kappa shape index (κ2) is 9.79. The molecule has 0 saturated heterocycles. The van der Waals surface area contributed by atoms with Crippen molar-refractivity contribution < 1.29 is 29.3 Å². The monoisotopic (exact) mass is 316 g/mol. The van der Waals surface area contributed by atoms with Gasteiger partial charge in [-0.1, -0.05) is 0 Å². The minimum atomic E-state index is -0.653. The van der Waals surface area contributed by atoms with Crippen LogP contribution in [0.4, 0.5) is 0 Å². The Kier molecular flexibility index (Phi) is 8.42. The van der Waals surface area contributed by atoms with Gasteiger partial charge in [0.15, 0.2) is 0 Å². The predicted octanol–water partition coefficient (Wildman–Crippen LogP) is 2.55. The molecule has 2 N–H and O–H groups in total. The highest BCUT2D eigenvalue weighted by Gasteiger charge is 2.26. The Balaban J connectivity index is 0.000000220. The molecule has 2 rings (SSSR count). The Morgan fingerprint density at radius 1 is 0.682 bits per heavy atom. The third-order valence-corrected chi connectivity index (χ3v) is 4.71. The second-order valence-corrected chi connectivity index (χ2v) is 6.10. The zero-order valence-electron chi connectivity index (χ0n) is 13.5. The summed E-state index contributed by atoms with van der Waals surface area (Å²) >= 11 is 0. The first-order valence-electron chi connectivity index (χ1n) is 7.99. The summed E-state index contributed by atoms with van der Waals surface area (Å²) < 4.78 is 10.3. The van der Waals surface area contributed by atoms with Crippen molar-refractivity contribution in [2.75, 3.05) is 14.2 Å². The summed E-state index contributed by atoms with van der Waals surface area (Å²) in [7, 11) is 3.37. The Morgan fingerprint density at radius 3 is 1.14 bits per heavy atom.